The lowest BCUT2D eigenvalue weighted by Crippen LogP contribution is -2.46. The highest BCUT2D eigenvalue weighted by atomic mass is 15.0. The predicted molar refractivity (Wildman–Crippen MR) is 61.2 cm³/mol. The average molecular weight is 207 g/mol. The Balaban J connectivity index is 2.35. The molecule has 3 nitrogen and oxygen atoms in total. The Hall–Kier alpha value is -0.830. The van der Waals surface area contributed by atoms with Crippen LogP contribution in [0.3, 0.4) is 0 Å². The van der Waals surface area contributed by atoms with E-state index in [2.05, 4.69) is 30.7 Å². The summed E-state index contributed by atoms with van der Waals surface area (Å²) in [6.07, 6.45) is 7.12. The van der Waals surface area contributed by atoms with Crippen LogP contribution in [-0.2, 0) is 5.54 Å². The largest absolute Gasteiger partial charge is 0.347 e. The molecule has 0 amide bonds. The normalized spacial score (nSPS) is 32.1. The zero-order valence-corrected chi connectivity index (χ0v) is 9.88. The second kappa shape index (κ2) is 3.34. The summed E-state index contributed by atoms with van der Waals surface area (Å²) in [6.45, 7) is 6.81. The highest BCUT2D eigenvalue weighted by molar-refractivity contribution is 5.13. The van der Waals surface area contributed by atoms with Crippen molar-refractivity contribution in [2.45, 2.75) is 45.6 Å². The number of aromatic amines is 1. The number of H-pyrrole nitrogens is 1. The maximum absolute atomic E-state index is 6.56. The number of hydrogen-bond donors (Lipinski definition) is 2. The number of nitrogens with zero attached hydrogens (tertiary/aromatic N) is 1. The quantitative estimate of drug-likeness (QED) is 0.743. The molecule has 1 aliphatic carbocycles. The minimum Gasteiger partial charge on any atom is -0.347 e. The summed E-state index contributed by atoms with van der Waals surface area (Å²) in [5, 5.41) is 0. The van der Waals surface area contributed by atoms with Gasteiger partial charge in [0.1, 0.15) is 5.82 Å². The van der Waals surface area contributed by atoms with E-state index in [1.165, 1.54) is 12.8 Å². The fourth-order valence-electron chi connectivity index (χ4n) is 3.04. The molecule has 0 unspecified atom stereocenters. The van der Waals surface area contributed by atoms with E-state index in [4.69, 9.17) is 5.73 Å². The maximum Gasteiger partial charge on any atom is 0.126 e. The van der Waals surface area contributed by atoms with Gasteiger partial charge in [-0.05, 0) is 24.2 Å². The smallest absolute Gasteiger partial charge is 0.126 e. The highest BCUT2D eigenvalue weighted by Crippen LogP contribution is 2.48. The molecule has 0 spiro atoms. The Morgan fingerprint density at radius 2 is 2.27 bits per heavy atom. The molecule has 1 saturated carbocycles. The lowest BCUT2D eigenvalue weighted by molar-refractivity contribution is 0.150. The van der Waals surface area contributed by atoms with Crippen molar-refractivity contribution in [3.05, 3.63) is 18.2 Å². The van der Waals surface area contributed by atoms with Crippen LogP contribution in [-0.4, -0.2) is 9.97 Å². The number of aromatic nitrogens is 2. The second-order valence-electron chi connectivity index (χ2n) is 5.79. The van der Waals surface area contributed by atoms with Crippen LogP contribution in [0.25, 0.3) is 0 Å². The van der Waals surface area contributed by atoms with Gasteiger partial charge in [0, 0.05) is 12.4 Å². The van der Waals surface area contributed by atoms with Crippen molar-refractivity contribution in [1.82, 2.24) is 9.97 Å². The number of hydrogen-bond acceptors (Lipinski definition) is 2. The Kier molecular flexibility index (Phi) is 2.38. The Bertz CT molecular complexity index is 323. The molecule has 15 heavy (non-hydrogen) atoms. The molecule has 0 aromatic carbocycles. The van der Waals surface area contributed by atoms with Crippen LogP contribution in [0.4, 0.5) is 0 Å². The zero-order valence-electron chi connectivity index (χ0n) is 9.88. The van der Waals surface area contributed by atoms with E-state index in [9.17, 15) is 0 Å². The van der Waals surface area contributed by atoms with Crippen LogP contribution in [0.2, 0.25) is 0 Å². The van der Waals surface area contributed by atoms with Gasteiger partial charge in [0.15, 0.2) is 0 Å². The molecule has 1 aromatic rings. The van der Waals surface area contributed by atoms with Gasteiger partial charge in [-0.2, -0.15) is 0 Å². The van der Waals surface area contributed by atoms with Gasteiger partial charge in [0.05, 0.1) is 5.54 Å². The first-order valence-electron chi connectivity index (χ1n) is 5.73. The summed E-state index contributed by atoms with van der Waals surface area (Å²) in [5.74, 6) is 1.47. The van der Waals surface area contributed by atoms with Gasteiger partial charge in [-0.3, -0.25) is 0 Å². The van der Waals surface area contributed by atoms with Crippen molar-refractivity contribution in [2.75, 3.05) is 0 Å². The summed E-state index contributed by atoms with van der Waals surface area (Å²) < 4.78 is 0. The Labute approximate surface area is 91.5 Å². The highest BCUT2D eigenvalue weighted by Gasteiger charge is 2.47. The Morgan fingerprint density at radius 1 is 1.53 bits per heavy atom. The van der Waals surface area contributed by atoms with Gasteiger partial charge < -0.3 is 10.7 Å². The van der Waals surface area contributed by atoms with Gasteiger partial charge in [-0.15, -0.1) is 0 Å². The molecule has 0 bridgehead atoms. The minimum atomic E-state index is -0.248. The van der Waals surface area contributed by atoms with Gasteiger partial charge >= 0.3 is 0 Å². The molecule has 2 atom stereocenters. The molecular weight excluding hydrogens is 186 g/mol. The van der Waals surface area contributed by atoms with E-state index in [0.29, 0.717) is 5.92 Å². The monoisotopic (exact) mass is 207 g/mol. The van der Waals surface area contributed by atoms with Crippen molar-refractivity contribution < 1.29 is 0 Å². The van der Waals surface area contributed by atoms with Crippen molar-refractivity contribution >= 4 is 0 Å². The topological polar surface area (TPSA) is 54.7 Å². The molecule has 3 N–H and O–H groups in total. The number of nitrogens with one attached hydrogen (secondary N) is 1. The van der Waals surface area contributed by atoms with Gasteiger partial charge in [-0.25, -0.2) is 4.98 Å². The third kappa shape index (κ3) is 1.69. The van der Waals surface area contributed by atoms with E-state index < -0.39 is 0 Å². The first kappa shape index (κ1) is 10.7. The predicted octanol–water partition coefficient (Wildman–Crippen LogP) is 2.41. The van der Waals surface area contributed by atoms with Crippen molar-refractivity contribution in [3.8, 4) is 0 Å². The van der Waals surface area contributed by atoms with E-state index in [1.807, 2.05) is 6.20 Å². The molecular formula is C12H21N3. The van der Waals surface area contributed by atoms with Gasteiger partial charge in [0.25, 0.3) is 0 Å². The van der Waals surface area contributed by atoms with Gasteiger partial charge in [0.2, 0.25) is 0 Å². The van der Waals surface area contributed by atoms with Crippen molar-refractivity contribution in [3.63, 3.8) is 0 Å². The fourth-order valence-corrected chi connectivity index (χ4v) is 3.04. The summed E-state index contributed by atoms with van der Waals surface area (Å²) >= 11 is 0. The maximum atomic E-state index is 6.56. The van der Waals surface area contributed by atoms with Crippen LogP contribution in [0.5, 0.6) is 0 Å². The fraction of sp³-hybridized carbons (Fsp3) is 0.750. The summed E-state index contributed by atoms with van der Waals surface area (Å²) in [5.41, 5.74) is 6.56. The number of imidazole rings is 1. The standard InChI is InChI=1S/C12H21N3/c1-11(2,3)9-5-4-6-12(9,13)10-14-7-8-15-10/h7-9H,4-6,13H2,1-3H3,(H,14,15)/t9-,12-/m1/s1. The van der Waals surface area contributed by atoms with Crippen molar-refractivity contribution in [2.24, 2.45) is 17.1 Å². The van der Waals surface area contributed by atoms with Crippen molar-refractivity contribution in [1.29, 1.82) is 0 Å². The molecule has 3 heteroatoms. The summed E-state index contributed by atoms with van der Waals surface area (Å²) in [4.78, 5) is 7.54. The molecule has 0 radical (unpaired) electrons. The van der Waals surface area contributed by atoms with Gasteiger partial charge in [-0.1, -0.05) is 27.2 Å². The zero-order chi connectivity index (χ0) is 11.1. The number of nitrogens with two attached hydrogens (primary N) is 1. The Morgan fingerprint density at radius 3 is 2.80 bits per heavy atom. The van der Waals surface area contributed by atoms with E-state index >= 15 is 0 Å². The van der Waals surface area contributed by atoms with E-state index in [-0.39, 0.29) is 11.0 Å². The van der Waals surface area contributed by atoms with Crippen LogP contribution in [0.15, 0.2) is 12.4 Å². The molecule has 1 fully saturated rings. The second-order valence-corrected chi connectivity index (χ2v) is 5.79. The average Bonchev–Trinajstić information content (AvgIpc) is 2.69. The van der Waals surface area contributed by atoms with Crippen LogP contribution in [0, 0.1) is 11.3 Å². The molecule has 84 valence electrons. The van der Waals surface area contributed by atoms with E-state index in [1.54, 1.807) is 6.20 Å². The lowest BCUT2D eigenvalue weighted by atomic mass is 9.71. The molecule has 1 heterocycles. The van der Waals surface area contributed by atoms with E-state index in [0.717, 1.165) is 12.2 Å². The molecule has 2 rings (SSSR count). The van der Waals surface area contributed by atoms with Crippen LogP contribution in [0.1, 0.15) is 45.9 Å². The number of rotatable bonds is 1. The first-order chi connectivity index (χ1) is 6.94. The summed E-state index contributed by atoms with van der Waals surface area (Å²) in [7, 11) is 0. The molecule has 1 aliphatic rings. The minimum absolute atomic E-state index is 0.248. The van der Waals surface area contributed by atoms with Crippen LogP contribution >= 0.6 is 0 Å². The SMILES string of the molecule is CC(C)(C)[C@H]1CCC[C@]1(N)c1ncc[nH]1. The summed E-state index contributed by atoms with van der Waals surface area (Å²) in [6, 6.07) is 0. The molecule has 1 aromatic heterocycles. The molecule has 0 saturated heterocycles. The first-order valence-corrected chi connectivity index (χ1v) is 5.73. The lowest BCUT2D eigenvalue weighted by Gasteiger charge is -2.38. The molecule has 0 aliphatic heterocycles. The third-order valence-corrected chi connectivity index (χ3v) is 3.69. The van der Waals surface area contributed by atoms with Crippen LogP contribution < -0.4 is 5.73 Å². The third-order valence-electron chi connectivity index (χ3n) is 3.69.